The van der Waals surface area contributed by atoms with Crippen molar-refractivity contribution in [2.45, 2.75) is 27.2 Å². The van der Waals surface area contributed by atoms with Gasteiger partial charge in [-0.05, 0) is 43.0 Å². The van der Waals surface area contributed by atoms with E-state index in [-0.39, 0.29) is 0 Å². The minimum atomic E-state index is 0.639. The first-order valence-corrected chi connectivity index (χ1v) is 5.37. The summed E-state index contributed by atoms with van der Waals surface area (Å²) < 4.78 is 0. The van der Waals surface area contributed by atoms with Crippen molar-refractivity contribution in [2.24, 2.45) is 5.92 Å². The van der Waals surface area contributed by atoms with Gasteiger partial charge < -0.3 is 0 Å². The Labute approximate surface area is 90.4 Å². The van der Waals surface area contributed by atoms with Gasteiger partial charge in [0.2, 0.25) is 0 Å². The Bertz CT molecular complexity index is 475. The first-order valence-electron chi connectivity index (χ1n) is 5.37. The van der Waals surface area contributed by atoms with Crippen molar-refractivity contribution in [2.75, 3.05) is 0 Å². The summed E-state index contributed by atoms with van der Waals surface area (Å²) in [5.74, 6) is 0.639. The lowest BCUT2D eigenvalue weighted by Crippen LogP contribution is -1.98. The number of hydrogen-bond donors (Lipinski definition) is 0. The third kappa shape index (κ3) is 2.32. The van der Waals surface area contributed by atoms with Crippen molar-refractivity contribution in [3.8, 4) is 0 Å². The van der Waals surface area contributed by atoms with Gasteiger partial charge in [-0.2, -0.15) is 0 Å². The molecule has 0 unspecified atom stereocenters. The normalized spacial score (nSPS) is 11.2. The van der Waals surface area contributed by atoms with Crippen LogP contribution in [-0.2, 0) is 6.42 Å². The van der Waals surface area contributed by atoms with Crippen molar-refractivity contribution in [1.29, 1.82) is 0 Å². The van der Waals surface area contributed by atoms with Crippen molar-refractivity contribution < 1.29 is 0 Å². The van der Waals surface area contributed by atoms with E-state index < -0.39 is 0 Å². The lowest BCUT2D eigenvalue weighted by atomic mass is 10.1. The molecule has 0 aliphatic rings. The first-order chi connectivity index (χ1) is 7.15. The molecule has 0 spiro atoms. The Balaban J connectivity index is 2.43. The number of aryl methyl sites for hydroxylation is 1. The molecule has 15 heavy (non-hydrogen) atoms. The van der Waals surface area contributed by atoms with E-state index in [1.165, 1.54) is 5.56 Å². The molecule has 0 aliphatic heterocycles. The lowest BCUT2D eigenvalue weighted by molar-refractivity contribution is 0.636. The van der Waals surface area contributed by atoms with Crippen LogP contribution in [0.2, 0.25) is 0 Å². The quantitative estimate of drug-likeness (QED) is 0.744. The van der Waals surface area contributed by atoms with E-state index in [0.29, 0.717) is 5.92 Å². The van der Waals surface area contributed by atoms with E-state index in [9.17, 15) is 0 Å². The number of fused-ring (bicyclic) bond motifs is 1. The summed E-state index contributed by atoms with van der Waals surface area (Å²) in [5, 5.41) is 1.13. The van der Waals surface area contributed by atoms with E-state index in [1.807, 2.05) is 6.20 Å². The molecule has 0 aliphatic carbocycles. The number of aromatic nitrogens is 2. The van der Waals surface area contributed by atoms with Gasteiger partial charge in [-0.15, -0.1) is 0 Å². The molecule has 0 saturated carbocycles. The number of rotatable bonds is 2. The van der Waals surface area contributed by atoms with Gasteiger partial charge in [-0.3, -0.25) is 0 Å². The molecule has 0 atom stereocenters. The molecule has 2 aromatic heterocycles. The monoisotopic (exact) mass is 200 g/mol. The molecular weight excluding hydrogens is 184 g/mol. The maximum atomic E-state index is 4.55. The van der Waals surface area contributed by atoms with Crippen LogP contribution in [0.1, 0.15) is 25.1 Å². The van der Waals surface area contributed by atoms with Gasteiger partial charge in [-0.1, -0.05) is 13.8 Å². The summed E-state index contributed by atoms with van der Waals surface area (Å²) in [6.45, 7) is 6.46. The average Bonchev–Trinajstić information content (AvgIpc) is 2.17. The highest BCUT2D eigenvalue weighted by molar-refractivity contribution is 5.75. The van der Waals surface area contributed by atoms with Gasteiger partial charge in [0.25, 0.3) is 0 Å². The van der Waals surface area contributed by atoms with Crippen LogP contribution in [0.15, 0.2) is 24.4 Å². The molecule has 0 amide bonds. The predicted molar refractivity (Wildman–Crippen MR) is 62.8 cm³/mol. The fraction of sp³-hybridized carbons (Fsp3) is 0.385. The highest BCUT2D eigenvalue weighted by atomic mass is 14.8. The minimum absolute atomic E-state index is 0.639. The van der Waals surface area contributed by atoms with Crippen molar-refractivity contribution >= 4 is 11.0 Å². The topological polar surface area (TPSA) is 25.8 Å². The molecule has 0 fully saturated rings. The van der Waals surface area contributed by atoms with Crippen molar-refractivity contribution in [1.82, 2.24) is 9.97 Å². The molecule has 0 aromatic carbocycles. The molecule has 2 nitrogen and oxygen atoms in total. The molecule has 2 aromatic rings. The highest BCUT2D eigenvalue weighted by Crippen LogP contribution is 2.13. The molecule has 0 bridgehead atoms. The summed E-state index contributed by atoms with van der Waals surface area (Å²) in [4.78, 5) is 8.88. The van der Waals surface area contributed by atoms with Crippen LogP contribution in [0.4, 0.5) is 0 Å². The second-order valence-corrected chi connectivity index (χ2v) is 4.46. The van der Waals surface area contributed by atoms with E-state index in [4.69, 9.17) is 0 Å². The van der Waals surface area contributed by atoms with Gasteiger partial charge in [0.1, 0.15) is 0 Å². The van der Waals surface area contributed by atoms with E-state index in [2.05, 4.69) is 48.9 Å². The van der Waals surface area contributed by atoms with Crippen LogP contribution in [0.25, 0.3) is 11.0 Å². The number of nitrogens with zero attached hydrogens (tertiary/aromatic N) is 2. The van der Waals surface area contributed by atoms with Crippen LogP contribution >= 0.6 is 0 Å². The lowest BCUT2D eigenvalue weighted by Gasteiger charge is -2.05. The molecule has 0 saturated heterocycles. The zero-order valence-corrected chi connectivity index (χ0v) is 9.49. The Morgan fingerprint density at radius 3 is 2.80 bits per heavy atom. The number of pyridine rings is 2. The van der Waals surface area contributed by atoms with E-state index in [0.717, 1.165) is 23.1 Å². The largest absolute Gasteiger partial charge is 0.236 e. The van der Waals surface area contributed by atoms with Gasteiger partial charge in [0, 0.05) is 17.3 Å². The standard InChI is InChI=1S/C13H16N2/c1-9(2)6-12-5-4-11-7-10(3)8-14-13(11)15-12/h4-5,7-9H,6H2,1-3H3. The number of hydrogen-bond acceptors (Lipinski definition) is 2. The van der Waals surface area contributed by atoms with E-state index >= 15 is 0 Å². The predicted octanol–water partition coefficient (Wildman–Crippen LogP) is 3.14. The molecule has 78 valence electrons. The Morgan fingerprint density at radius 2 is 2.07 bits per heavy atom. The van der Waals surface area contributed by atoms with E-state index in [1.54, 1.807) is 0 Å². The smallest absolute Gasteiger partial charge is 0.159 e. The fourth-order valence-corrected chi connectivity index (χ4v) is 1.69. The summed E-state index contributed by atoms with van der Waals surface area (Å²) in [6, 6.07) is 6.33. The van der Waals surface area contributed by atoms with Crippen LogP contribution < -0.4 is 0 Å². The summed E-state index contributed by atoms with van der Waals surface area (Å²) in [7, 11) is 0. The molecule has 0 radical (unpaired) electrons. The van der Waals surface area contributed by atoms with Crippen molar-refractivity contribution in [3.63, 3.8) is 0 Å². The van der Waals surface area contributed by atoms with Crippen LogP contribution in [0.3, 0.4) is 0 Å². The SMILES string of the molecule is Cc1cnc2nc(CC(C)C)ccc2c1. The molecule has 2 heteroatoms. The zero-order chi connectivity index (χ0) is 10.8. The highest BCUT2D eigenvalue weighted by Gasteiger charge is 2.02. The van der Waals surface area contributed by atoms with Crippen LogP contribution in [0.5, 0.6) is 0 Å². The zero-order valence-electron chi connectivity index (χ0n) is 9.49. The maximum absolute atomic E-state index is 4.55. The van der Waals surface area contributed by atoms with Gasteiger partial charge >= 0.3 is 0 Å². The molecule has 0 N–H and O–H groups in total. The second-order valence-electron chi connectivity index (χ2n) is 4.46. The fourth-order valence-electron chi connectivity index (χ4n) is 1.69. The molecule has 2 heterocycles. The average molecular weight is 200 g/mol. The third-order valence-corrected chi connectivity index (χ3v) is 2.35. The third-order valence-electron chi connectivity index (χ3n) is 2.35. The minimum Gasteiger partial charge on any atom is -0.236 e. The van der Waals surface area contributed by atoms with Crippen LogP contribution in [-0.4, -0.2) is 9.97 Å². The van der Waals surface area contributed by atoms with Gasteiger partial charge in [0.05, 0.1) is 0 Å². The van der Waals surface area contributed by atoms with Crippen LogP contribution in [0, 0.1) is 12.8 Å². The van der Waals surface area contributed by atoms with Crippen molar-refractivity contribution in [3.05, 3.63) is 35.7 Å². The summed E-state index contributed by atoms with van der Waals surface area (Å²) in [5.41, 5.74) is 3.17. The maximum Gasteiger partial charge on any atom is 0.159 e. The Morgan fingerprint density at radius 1 is 1.27 bits per heavy atom. The Hall–Kier alpha value is -1.44. The summed E-state index contributed by atoms with van der Waals surface area (Å²) in [6.07, 6.45) is 2.89. The summed E-state index contributed by atoms with van der Waals surface area (Å²) >= 11 is 0. The van der Waals surface area contributed by atoms with Gasteiger partial charge in [0.15, 0.2) is 5.65 Å². The molecule has 2 rings (SSSR count). The second kappa shape index (κ2) is 3.97. The first kappa shape index (κ1) is 10.1. The Kier molecular flexibility index (Phi) is 2.67. The molecular formula is C13H16N2. The van der Waals surface area contributed by atoms with Gasteiger partial charge in [-0.25, -0.2) is 9.97 Å².